The molecule has 1 aliphatic heterocycles. The molecule has 1 aromatic carbocycles. The molecule has 1 aliphatic rings. The Hall–Kier alpha value is -1.22. The summed E-state index contributed by atoms with van der Waals surface area (Å²) in [4.78, 5) is 5.27. The number of phenols is 1. The second-order valence-electron chi connectivity index (χ2n) is 2.72. The Morgan fingerprint density at radius 1 is 1.31 bits per heavy atom. The zero-order chi connectivity index (χ0) is 9.10. The van der Waals surface area contributed by atoms with Crippen molar-refractivity contribution >= 4 is 24.1 Å². The average molecular weight is 191 g/mol. The van der Waals surface area contributed by atoms with Crippen molar-refractivity contribution in [3.8, 4) is 5.75 Å². The summed E-state index contributed by atoms with van der Waals surface area (Å²) in [6.07, 6.45) is 3.93. The van der Waals surface area contributed by atoms with Crippen LogP contribution in [0, 0.1) is 0 Å². The van der Waals surface area contributed by atoms with Crippen LogP contribution in [0.2, 0.25) is 0 Å². The summed E-state index contributed by atoms with van der Waals surface area (Å²) in [5.74, 6) is 1.12. The monoisotopic (exact) mass is 191 g/mol. The molecule has 1 heterocycles. The lowest BCUT2D eigenvalue weighted by atomic mass is 10.2. The highest BCUT2D eigenvalue weighted by Crippen LogP contribution is 2.22. The Morgan fingerprint density at radius 3 is 2.69 bits per heavy atom. The van der Waals surface area contributed by atoms with Gasteiger partial charge in [0, 0.05) is 11.1 Å². The van der Waals surface area contributed by atoms with Gasteiger partial charge in [0.2, 0.25) is 0 Å². The van der Waals surface area contributed by atoms with Crippen LogP contribution in [0.15, 0.2) is 34.2 Å². The lowest BCUT2D eigenvalue weighted by Crippen LogP contribution is -1.74. The van der Waals surface area contributed by atoms with Gasteiger partial charge < -0.3 is 5.11 Å². The number of benzene rings is 1. The number of aliphatic imine (C=N–C) groups is 1. The first kappa shape index (κ1) is 8.38. The topological polar surface area (TPSA) is 32.6 Å². The summed E-state index contributed by atoms with van der Waals surface area (Å²) < 4.78 is 0. The Labute approximate surface area is 81.0 Å². The Morgan fingerprint density at radius 2 is 2.08 bits per heavy atom. The van der Waals surface area contributed by atoms with Crippen molar-refractivity contribution < 1.29 is 5.11 Å². The molecule has 0 aliphatic carbocycles. The molecular weight excluding hydrogens is 182 g/mol. The van der Waals surface area contributed by atoms with Crippen LogP contribution in [0.25, 0.3) is 6.08 Å². The van der Waals surface area contributed by atoms with E-state index in [4.69, 9.17) is 5.11 Å². The summed E-state index contributed by atoms with van der Waals surface area (Å²) in [5, 5.41) is 9.07. The Bertz CT molecular complexity index is 354. The normalized spacial score (nSPS) is 18.3. The third kappa shape index (κ3) is 2.12. The Kier molecular flexibility index (Phi) is 2.36. The van der Waals surface area contributed by atoms with Crippen molar-refractivity contribution in [1.82, 2.24) is 0 Å². The fraction of sp³-hybridized carbons (Fsp3) is 0.100. The van der Waals surface area contributed by atoms with Crippen LogP contribution in [0.1, 0.15) is 5.56 Å². The summed E-state index contributed by atoms with van der Waals surface area (Å²) in [7, 11) is 0. The summed E-state index contributed by atoms with van der Waals surface area (Å²) in [6.45, 7) is 0. The van der Waals surface area contributed by atoms with Crippen molar-refractivity contribution in [1.29, 1.82) is 0 Å². The largest absolute Gasteiger partial charge is 0.508 e. The second kappa shape index (κ2) is 3.66. The number of thioether (sulfide) groups is 1. The molecule has 0 saturated heterocycles. The molecule has 0 spiro atoms. The van der Waals surface area contributed by atoms with Gasteiger partial charge >= 0.3 is 0 Å². The SMILES string of the molecule is Oc1ccc(C=C2C=NCS2)cc1. The minimum Gasteiger partial charge on any atom is -0.508 e. The number of phenolic OH excluding ortho intramolecular Hbond substituents is 1. The summed E-state index contributed by atoms with van der Waals surface area (Å²) in [5.41, 5.74) is 1.09. The molecule has 3 heteroatoms. The van der Waals surface area contributed by atoms with E-state index < -0.39 is 0 Å². The smallest absolute Gasteiger partial charge is 0.115 e. The van der Waals surface area contributed by atoms with Gasteiger partial charge in [-0.1, -0.05) is 12.1 Å². The molecule has 0 unspecified atom stereocenters. The van der Waals surface area contributed by atoms with E-state index in [1.165, 1.54) is 4.91 Å². The molecule has 0 fully saturated rings. The first-order chi connectivity index (χ1) is 6.34. The number of hydrogen-bond donors (Lipinski definition) is 1. The summed E-state index contributed by atoms with van der Waals surface area (Å²) in [6, 6.07) is 7.14. The van der Waals surface area contributed by atoms with E-state index in [-0.39, 0.29) is 0 Å². The highest BCUT2D eigenvalue weighted by Gasteiger charge is 2.00. The number of rotatable bonds is 1. The molecule has 1 N–H and O–H groups in total. The molecule has 0 aromatic heterocycles. The third-order valence-corrected chi connectivity index (χ3v) is 2.56. The van der Waals surface area contributed by atoms with Crippen LogP contribution in [0.4, 0.5) is 0 Å². The molecule has 1 aromatic rings. The highest BCUT2D eigenvalue weighted by molar-refractivity contribution is 8.04. The predicted molar refractivity (Wildman–Crippen MR) is 57.0 cm³/mol. The highest BCUT2D eigenvalue weighted by atomic mass is 32.2. The summed E-state index contributed by atoms with van der Waals surface area (Å²) >= 11 is 1.72. The maximum atomic E-state index is 9.07. The van der Waals surface area contributed by atoms with Crippen LogP contribution in [-0.4, -0.2) is 17.2 Å². The predicted octanol–water partition coefficient (Wildman–Crippen LogP) is 2.51. The van der Waals surface area contributed by atoms with Gasteiger partial charge in [-0.05, 0) is 23.8 Å². The van der Waals surface area contributed by atoms with E-state index in [1.54, 1.807) is 23.9 Å². The number of nitrogens with zero attached hydrogens (tertiary/aromatic N) is 1. The molecule has 66 valence electrons. The fourth-order valence-electron chi connectivity index (χ4n) is 1.09. The van der Waals surface area contributed by atoms with Crippen LogP contribution in [0.3, 0.4) is 0 Å². The molecule has 0 atom stereocenters. The number of hydrogen-bond acceptors (Lipinski definition) is 3. The number of allylic oxidation sites excluding steroid dienone is 1. The van der Waals surface area contributed by atoms with Gasteiger partial charge in [-0.3, -0.25) is 4.99 Å². The molecule has 0 amide bonds. The fourth-order valence-corrected chi connectivity index (χ4v) is 1.76. The maximum absolute atomic E-state index is 9.07. The van der Waals surface area contributed by atoms with Gasteiger partial charge in [-0.25, -0.2) is 0 Å². The quantitative estimate of drug-likeness (QED) is 0.739. The minimum absolute atomic E-state index is 0.301. The molecule has 0 bridgehead atoms. The van der Waals surface area contributed by atoms with Gasteiger partial charge in [-0.15, -0.1) is 11.8 Å². The van der Waals surface area contributed by atoms with Crippen LogP contribution in [-0.2, 0) is 0 Å². The standard InChI is InChI=1S/C10H9NOS/c12-9-3-1-8(2-4-9)5-10-6-11-7-13-10/h1-6,12H,7H2. The average Bonchev–Trinajstić information content (AvgIpc) is 2.62. The van der Waals surface area contributed by atoms with E-state index in [0.717, 1.165) is 11.4 Å². The first-order valence-electron chi connectivity index (χ1n) is 3.98. The van der Waals surface area contributed by atoms with Crippen molar-refractivity contribution in [2.45, 2.75) is 0 Å². The van der Waals surface area contributed by atoms with E-state index >= 15 is 0 Å². The molecule has 0 saturated carbocycles. The van der Waals surface area contributed by atoms with E-state index in [9.17, 15) is 0 Å². The van der Waals surface area contributed by atoms with E-state index in [0.29, 0.717) is 5.75 Å². The van der Waals surface area contributed by atoms with Crippen molar-refractivity contribution in [3.63, 3.8) is 0 Å². The number of aromatic hydroxyl groups is 1. The lowest BCUT2D eigenvalue weighted by Gasteiger charge is -1.95. The molecule has 13 heavy (non-hydrogen) atoms. The maximum Gasteiger partial charge on any atom is 0.115 e. The first-order valence-corrected chi connectivity index (χ1v) is 4.96. The van der Waals surface area contributed by atoms with Gasteiger partial charge in [0.15, 0.2) is 0 Å². The van der Waals surface area contributed by atoms with E-state index in [1.807, 2.05) is 18.3 Å². The molecular formula is C10H9NOS. The molecule has 2 rings (SSSR count). The van der Waals surface area contributed by atoms with Crippen molar-refractivity contribution in [2.24, 2.45) is 4.99 Å². The van der Waals surface area contributed by atoms with Crippen molar-refractivity contribution in [3.05, 3.63) is 34.7 Å². The van der Waals surface area contributed by atoms with Crippen LogP contribution in [0.5, 0.6) is 5.75 Å². The molecule has 2 nitrogen and oxygen atoms in total. The van der Waals surface area contributed by atoms with Gasteiger partial charge in [-0.2, -0.15) is 0 Å². The van der Waals surface area contributed by atoms with Crippen LogP contribution < -0.4 is 0 Å². The van der Waals surface area contributed by atoms with Gasteiger partial charge in [0.05, 0.1) is 5.88 Å². The second-order valence-corrected chi connectivity index (χ2v) is 3.74. The van der Waals surface area contributed by atoms with Gasteiger partial charge in [0.1, 0.15) is 5.75 Å². The minimum atomic E-state index is 0.301. The van der Waals surface area contributed by atoms with Gasteiger partial charge in [0.25, 0.3) is 0 Å². The molecule has 0 radical (unpaired) electrons. The zero-order valence-electron chi connectivity index (χ0n) is 6.97. The van der Waals surface area contributed by atoms with Crippen LogP contribution >= 0.6 is 11.8 Å². The zero-order valence-corrected chi connectivity index (χ0v) is 7.79. The third-order valence-electron chi connectivity index (χ3n) is 1.73. The van der Waals surface area contributed by atoms with E-state index in [2.05, 4.69) is 11.1 Å². The van der Waals surface area contributed by atoms with Crippen molar-refractivity contribution in [2.75, 3.05) is 5.88 Å². The lowest BCUT2D eigenvalue weighted by molar-refractivity contribution is 0.475. The Balaban J connectivity index is 2.22.